The molecule has 1 aromatic carbocycles. The fourth-order valence-corrected chi connectivity index (χ4v) is 4.07. The number of benzene rings is 1. The molecule has 122 valence electrons. The number of rotatable bonds is 4. The van der Waals surface area contributed by atoms with Crippen molar-refractivity contribution < 1.29 is 18.4 Å². The highest BCUT2D eigenvalue weighted by molar-refractivity contribution is 7.89. The van der Waals surface area contributed by atoms with Crippen LogP contribution in [0.2, 0.25) is 0 Å². The standard InChI is InChI=1S/C12H13N5O5S/c1-8-4-9(2-3-10(8)17(19)20)23(21,22)16-6-12(18,7-16)11-5-13-15-14-11/h2-5,18H,6-7H2,1H3,(H,13,14,15). The SMILES string of the molecule is Cc1cc(S(=O)(=O)N2CC(O)(c3cn[nH]n3)C2)ccc1[N+](=O)[O-]. The summed E-state index contributed by atoms with van der Waals surface area (Å²) in [5, 5.41) is 30.8. The molecule has 10 nitrogen and oxygen atoms in total. The van der Waals surface area contributed by atoms with Crippen molar-refractivity contribution in [2.45, 2.75) is 17.4 Å². The van der Waals surface area contributed by atoms with Crippen LogP contribution >= 0.6 is 0 Å². The van der Waals surface area contributed by atoms with Crippen LogP contribution in [0, 0.1) is 17.0 Å². The average Bonchev–Trinajstić information content (AvgIpc) is 2.97. The number of aliphatic hydroxyl groups is 1. The van der Waals surface area contributed by atoms with Crippen molar-refractivity contribution in [1.29, 1.82) is 0 Å². The summed E-state index contributed by atoms with van der Waals surface area (Å²) in [6.45, 7) is 1.16. The van der Waals surface area contributed by atoms with Gasteiger partial charge in [-0.15, -0.1) is 0 Å². The van der Waals surface area contributed by atoms with Crippen LogP contribution in [0.25, 0.3) is 0 Å². The van der Waals surface area contributed by atoms with Crippen molar-refractivity contribution in [3.63, 3.8) is 0 Å². The van der Waals surface area contributed by atoms with E-state index >= 15 is 0 Å². The minimum absolute atomic E-state index is 0.0530. The van der Waals surface area contributed by atoms with Crippen molar-refractivity contribution in [1.82, 2.24) is 19.7 Å². The monoisotopic (exact) mass is 339 g/mol. The Hall–Kier alpha value is -2.37. The molecule has 3 rings (SSSR count). The zero-order valence-corrected chi connectivity index (χ0v) is 12.8. The first kappa shape index (κ1) is 15.5. The molecule has 0 bridgehead atoms. The summed E-state index contributed by atoms with van der Waals surface area (Å²) in [5.41, 5.74) is -1.01. The number of aromatic nitrogens is 3. The van der Waals surface area contributed by atoms with E-state index in [0.717, 1.165) is 10.4 Å². The van der Waals surface area contributed by atoms with E-state index in [-0.39, 0.29) is 34.9 Å². The second-order valence-corrected chi connectivity index (χ2v) is 7.30. The van der Waals surface area contributed by atoms with Gasteiger partial charge in [0, 0.05) is 11.6 Å². The van der Waals surface area contributed by atoms with Gasteiger partial charge in [-0.3, -0.25) is 10.1 Å². The topological polar surface area (TPSA) is 142 Å². The van der Waals surface area contributed by atoms with Crippen LogP contribution in [0.5, 0.6) is 0 Å². The van der Waals surface area contributed by atoms with E-state index in [1.807, 2.05) is 0 Å². The van der Waals surface area contributed by atoms with Crippen LogP contribution in [0.4, 0.5) is 5.69 Å². The van der Waals surface area contributed by atoms with Crippen molar-refractivity contribution >= 4 is 15.7 Å². The first-order chi connectivity index (χ1) is 10.7. The van der Waals surface area contributed by atoms with Gasteiger partial charge in [-0.2, -0.15) is 19.7 Å². The molecule has 1 aliphatic heterocycles. The molecule has 2 aromatic rings. The molecule has 0 amide bonds. The number of nitro groups is 1. The van der Waals surface area contributed by atoms with Crippen LogP contribution in [-0.4, -0.2) is 51.3 Å². The summed E-state index contributed by atoms with van der Waals surface area (Å²) in [4.78, 5) is 10.2. The number of sulfonamides is 1. The summed E-state index contributed by atoms with van der Waals surface area (Å²) in [6.07, 6.45) is 1.33. The second kappa shape index (κ2) is 5.08. The Morgan fingerprint density at radius 1 is 1.43 bits per heavy atom. The molecule has 1 fully saturated rings. The summed E-state index contributed by atoms with van der Waals surface area (Å²) in [6, 6.07) is 3.60. The molecule has 23 heavy (non-hydrogen) atoms. The lowest BCUT2D eigenvalue weighted by atomic mass is 9.94. The maximum Gasteiger partial charge on any atom is 0.272 e. The lowest BCUT2D eigenvalue weighted by Gasteiger charge is -2.43. The van der Waals surface area contributed by atoms with Gasteiger partial charge in [-0.1, -0.05) is 0 Å². The van der Waals surface area contributed by atoms with E-state index in [4.69, 9.17) is 0 Å². The number of nitrogens with zero attached hydrogens (tertiary/aromatic N) is 4. The Balaban J connectivity index is 1.84. The highest BCUT2D eigenvalue weighted by Crippen LogP contribution is 2.35. The van der Waals surface area contributed by atoms with Gasteiger partial charge in [0.1, 0.15) is 11.3 Å². The van der Waals surface area contributed by atoms with Gasteiger partial charge >= 0.3 is 0 Å². The lowest BCUT2D eigenvalue weighted by Crippen LogP contribution is -2.61. The molecule has 0 aliphatic carbocycles. The van der Waals surface area contributed by atoms with E-state index in [9.17, 15) is 23.6 Å². The normalized spacial score (nSPS) is 17.7. The van der Waals surface area contributed by atoms with Crippen molar-refractivity contribution in [2.24, 2.45) is 0 Å². The Morgan fingerprint density at radius 3 is 2.65 bits per heavy atom. The maximum atomic E-state index is 12.5. The fraction of sp³-hybridized carbons (Fsp3) is 0.333. The predicted molar refractivity (Wildman–Crippen MR) is 76.9 cm³/mol. The van der Waals surface area contributed by atoms with Crippen molar-refractivity contribution in [3.8, 4) is 0 Å². The summed E-state index contributed by atoms with van der Waals surface area (Å²) >= 11 is 0. The smallest absolute Gasteiger partial charge is 0.272 e. The third-order valence-electron chi connectivity index (χ3n) is 3.77. The van der Waals surface area contributed by atoms with Crippen LogP contribution in [0.1, 0.15) is 11.3 Å². The molecule has 0 radical (unpaired) electrons. The molecule has 0 spiro atoms. The molecule has 1 saturated heterocycles. The molecule has 0 unspecified atom stereocenters. The quantitative estimate of drug-likeness (QED) is 0.585. The van der Waals surface area contributed by atoms with E-state index < -0.39 is 20.5 Å². The van der Waals surface area contributed by atoms with Gasteiger partial charge in [0.15, 0.2) is 0 Å². The third-order valence-corrected chi connectivity index (χ3v) is 5.56. The first-order valence-corrected chi connectivity index (χ1v) is 8.02. The van der Waals surface area contributed by atoms with Gasteiger partial charge in [0.25, 0.3) is 5.69 Å². The van der Waals surface area contributed by atoms with Gasteiger partial charge < -0.3 is 5.11 Å². The van der Waals surface area contributed by atoms with E-state index in [0.29, 0.717) is 0 Å². The van der Waals surface area contributed by atoms with Crippen molar-refractivity contribution in [3.05, 3.63) is 45.8 Å². The minimum Gasteiger partial charge on any atom is -0.381 e. The second-order valence-electron chi connectivity index (χ2n) is 5.37. The van der Waals surface area contributed by atoms with Crippen molar-refractivity contribution in [2.75, 3.05) is 13.1 Å². The number of hydrogen-bond acceptors (Lipinski definition) is 7. The molecular weight excluding hydrogens is 326 g/mol. The Labute approximate surface area is 130 Å². The van der Waals surface area contributed by atoms with Gasteiger partial charge in [0.2, 0.25) is 10.0 Å². The van der Waals surface area contributed by atoms with Gasteiger partial charge in [-0.05, 0) is 19.1 Å². The summed E-state index contributed by atoms with van der Waals surface area (Å²) in [5.74, 6) is 0. The third kappa shape index (κ3) is 2.48. The Kier molecular flexibility index (Phi) is 3.43. The van der Waals surface area contributed by atoms with Crippen LogP contribution < -0.4 is 0 Å². The maximum absolute atomic E-state index is 12.5. The van der Waals surface area contributed by atoms with E-state index in [2.05, 4.69) is 15.4 Å². The largest absolute Gasteiger partial charge is 0.381 e. The lowest BCUT2D eigenvalue weighted by molar-refractivity contribution is -0.385. The molecule has 2 N–H and O–H groups in total. The zero-order chi connectivity index (χ0) is 16.8. The van der Waals surface area contributed by atoms with Gasteiger partial charge in [0.05, 0.1) is 29.1 Å². The first-order valence-electron chi connectivity index (χ1n) is 6.58. The van der Waals surface area contributed by atoms with Gasteiger partial charge in [-0.25, -0.2) is 8.42 Å². The highest BCUT2D eigenvalue weighted by Gasteiger charge is 2.50. The van der Waals surface area contributed by atoms with E-state index in [1.54, 1.807) is 0 Å². The average molecular weight is 339 g/mol. The molecular formula is C12H13N5O5S. The molecule has 1 aliphatic rings. The molecule has 11 heteroatoms. The predicted octanol–water partition coefficient (Wildman–Crippen LogP) is -0.0866. The Morgan fingerprint density at radius 2 is 2.13 bits per heavy atom. The van der Waals surface area contributed by atoms with Crippen LogP contribution in [0.3, 0.4) is 0 Å². The number of H-pyrrole nitrogens is 1. The number of hydrogen-bond donors (Lipinski definition) is 2. The molecule has 0 atom stereocenters. The fourth-order valence-electron chi connectivity index (χ4n) is 2.44. The number of aromatic amines is 1. The zero-order valence-electron chi connectivity index (χ0n) is 12.0. The molecule has 1 aromatic heterocycles. The number of nitro benzene ring substituents is 1. The van der Waals surface area contributed by atoms with E-state index in [1.165, 1.54) is 25.3 Å². The minimum atomic E-state index is -3.84. The van der Waals surface area contributed by atoms with Crippen LogP contribution in [-0.2, 0) is 15.6 Å². The highest BCUT2D eigenvalue weighted by atomic mass is 32.2. The van der Waals surface area contributed by atoms with Crippen LogP contribution in [0.15, 0.2) is 29.3 Å². The summed E-state index contributed by atoms with van der Waals surface area (Å²) < 4.78 is 26.1. The summed E-state index contributed by atoms with van der Waals surface area (Å²) in [7, 11) is -3.84. The number of β-amino-alcohol motifs (C(OH)–C–C–N with tert-alkyl or cyclic N) is 1. The molecule has 2 heterocycles. The number of aryl methyl sites for hydroxylation is 1. The molecule has 0 saturated carbocycles. The Bertz CT molecular complexity index is 858. The number of nitrogens with one attached hydrogen (secondary N) is 1.